The van der Waals surface area contributed by atoms with Crippen LogP contribution in [0.4, 0.5) is 5.69 Å². The van der Waals surface area contributed by atoms with Crippen molar-refractivity contribution in [1.82, 2.24) is 14.2 Å². The van der Waals surface area contributed by atoms with Gasteiger partial charge in [0, 0.05) is 73.8 Å². The number of nitrogens with one attached hydrogen (secondary N) is 1. The van der Waals surface area contributed by atoms with Gasteiger partial charge in [-0.15, -0.1) is 11.3 Å². The number of rotatable bonds is 9. The van der Waals surface area contributed by atoms with Gasteiger partial charge in [-0.25, -0.2) is 4.98 Å². The zero-order chi connectivity index (χ0) is 25.7. The van der Waals surface area contributed by atoms with E-state index < -0.39 is 0 Å². The largest absolute Gasteiger partial charge is 0.383 e. The van der Waals surface area contributed by atoms with E-state index in [1.54, 1.807) is 18.3 Å². The normalized spacial score (nSPS) is 15.6. The molecule has 3 N–H and O–H groups in total. The van der Waals surface area contributed by atoms with Gasteiger partial charge in [0.15, 0.2) is 4.34 Å². The molecule has 1 atom stereocenters. The zero-order valence-corrected chi connectivity index (χ0v) is 23.6. The first kappa shape index (κ1) is 27.2. The van der Waals surface area contributed by atoms with E-state index in [9.17, 15) is 4.79 Å². The summed E-state index contributed by atoms with van der Waals surface area (Å²) in [4.78, 5) is 19.8. The smallest absolute Gasteiger partial charge is 0.229 e. The topological polar surface area (TPSA) is 74.5 Å². The first-order chi connectivity index (χ1) is 17.3. The fourth-order valence-corrected chi connectivity index (χ4v) is 6.41. The third-order valence-corrected chi connectivity index (χ3v) is 8.92. The number of nitrogens with two attached hydrogens (primary N) is 1. The van der Waals surface area contributed by atoms with E-state index in [1.165, 1.54) is 11.9 Å². The van der Waals surface area contributed by atoms with Gasteiger partial charge in [0.05, 0.1) is 15.7 Å². The minimum atomic E-state index is 0.0572. The van der Waals surface area contributed by atoms with Crippen LogP contribution in [0.5, 0.6) is 0 Å². The Morgan fingerprint density at radius 1 is 1.25 bits per heavy atom. The lowest BCUT2D eigenvalue weighted by Gasteiger charge is -2.37. The second kappa shape index (κ2) is 12.6. The molecule has 192 valence electrons. The summed E-state index contributed by atoms with van der Waals surface area (Å²) in [6, 6.07) is 14.2. The molecule has 1 saturated heterocycles. The number of carbonyl (C=O) groups excluding carboxylic acids is 1. The molecule has 6 nitrogen and oxygen atoms in total. The molecular weight excluding hydrogens is 533 g/mol. The van der Waals surface area contributed by atoms with Crippen LogP contribution in [0.15, 0.2) is 52.2 Å². The van der Waals surface area contributed by atoms with Gasteiger partial charge in [0.1, 0.15) is 0 Å². The summed E-state index contributed by atoms with van der Waals surface area (Å²) in [6.07, 6.45) is 1.83. The van der Waals surface area contributed by atoms with E-state index in [-0.39, 0.29) is 18.0 Å². The molecular formula is C26H31Cl2N5OS2. The van der Waals surface area contributed by atoms with Crippen molar-refractivity contribution in [2.45, 2.75) is 49.7 Å². The number of likely N-dealkylation sites (tertiary alicyclic amines) is 1. The molecule has 0 unspecified atom stereocenters. The van der Waals surface area contributed by atoms with E-state index >= 15 is 0 Å². The summed E-state index contributed by atoms with van der Waals surface area (Å²) in [7, 11) is 0. The number of piperidine rings is 1. The number of hydrogen-bond acceptors (Lipinski definition) is 7. The van der Waals surface area contributed by atoms with E-state index in [0.29, 0.717) is 16.6 Å². The molecule has 1 fully saturated rings. The molecule has 0 spiro atoms. The van der Waals surface area contributed by atoms with Crippen LogP contribution in [0.25, 0.3) is 11.3 Å². The van der Waals surface area contributed by atoms with Gasteiger partial charge in [0.25, 0.3) is 0 Å². The van der Waals surface area contributed by atoms with E-state index in [0.717, 1.165) is 59.3 Å². The molecule has 1 aromatic heterocycles. The number of anilines is 1. The molecule has 10 heteroatoms. The molecule has 0 aliphatic carbocycles. The highest BCUT2D eigenvalue weighted by Gasteiger charge is 2.28. The van der Waals surface area contributed by atoms with Crippen LogP contribution in [0.2, 0.25) is 10.0 Å². The van der Waals surface area contributed by atoms with Crippen LogP contribution >= 0.6 is 46.5 Å². The number of halogens is 2. The van der Waals surface area contributed by atoms with Crippen LogP contribution < -0.4 is 11.1 Å². The Bertz CT molecular complexity index is 1180. The summed E-state index contributed by atoms with van der Waals surface area (Å²) < 4.78 is 2.77. The van der Waals surface area contributed by atoms with E-state index in [2.05, 4.69) is 16.3 Å². The average molecular weight is 565 g/mol. The van der Waals surface area contributed by atoms with Crippen molar-refractivity contribution in [3.05, 3.63) is 63.5 Å². The van der Waals surface area contributed by atoms with Gasteiger partial charge in [-0.2, -0.15) is 0 Å². The number of nitrogens with zero attached hydrogens (tertiary/aromatic N) is 3. The van der Waals surface area contributed by atoms with Gasteiger partial charge < -0.3 is 11.1 Å². The second-order valence-electron chi connectivity index (χ2n) is 9.13. The van der Waals surface area contributed by atoms with Gasteiger partial charge in [-0.1, -0.05) is 41.4 Å². The lowest BCUT2D eigenvalue weighted by Crippen LogP contribution is -2.43. The predicted octanol–water partition coefficient (Wildman–Crippen LogP) is 6.40. The molecule has 2 aromatic carbocycles. The molecule has 36 heavy (non-hydrogen) atoms. The zero-order valence-electron chi connectivity index (χ0n) is 20.4. The van der Waals surface area contributed by atoms with Gasteiger partial charge >= 0.3 is 0 Å². The molecule has 1 amide bonds. The summed E-state index contributed by atoms with van der Waals surface area (Å²) in [5, 5.41) is 6.55. The SMILES string of the molecule is CC(=O)N(Sc1nc(-c2cccc(NC[C@@H](C)N)c2)cs1)C1CCN(Cc2ccc(Cl)c(Cl)c2)CC1. The first-order valence-electron chi connectivity index (χ1n) is 12.0. The maximum atomic E-state index is 12.6. The van der Waals surface area contributed by atoms with Gasteiger partial charge in [0.2, 0.25) is 5.91 Å². The van der Waals surface area contributed by atoms with Crippen molar-refractivity contribution >= 4 is 58.1 Å². The van der Waals surface area contributed by atoms with Crippen molar-refractivity contribution < 1.29 is 4.79 Å². The Morgan fingerprint density at radius 3 is 2.72 bits per heavy atom. The van der Waals surface area contributed by atoms with Crippen molar-refractivity contribution in [2.75, 3.05) is 25.0 Å². The Hall–Kier alpha value is -1.81. The van der Waals surface area contributed by atoms with Gasteiger partial charge in [-0.05, 0) is 49.6 Å². The monoisotopic (exact) mass is 563 g/mol. The highest BCUT2D eigenvalue weighted by Crippen LogP contribution is 2.34. The van der Waals surface area contributed by atoms with Crippen molar-refractivity contribution in [3.63, 3.8) is 0 Å². The van der Waals surface area contributed by atoms with Crippen molar-refractivity contribution in [2.24, 2.45) is 5.73 Å². The van der Waals surface area contributed by atoms with Crippen LogP contribution in [0.3, 0.4) is 0 Å². The maximum Gasteiger partial charge on any atom is 0.229 e. The third-order valence-electron chi connectivity index (χ3n) is 6.04. The summed E-state index contributed by atoms with van der Waals surface area (Å²) in [6.45, 7) is 6.98. The highest BCUT2D eigenvalue weighted by molar-refractivity contribution is 7.99. The minimum Gasteiger partial charge on any atom is -0.383 e. The molecule has 3 aromatic rings. The number of benzene rings is 2. The average Bonchev–Trinajstić information content (AvgIpc) is 3.33. The standard InChI is InChI=1S/C26H31Cl2N5OS2/c1-17(29)14-30-21-5-3-4-20(13-21)25-16-35-26(31-25)36-33(18(2)34)22-8-10-32(11-9-22)15-19-6-7-23(27)24(28)12-19/h3-7,12-13,16-17,22,30H,8-11,14-15,29H2,1-2H3/t17-/m1/s1. The second-order valence-corrected chi connectivity index (χ2v) is 12.0. The summed E-state index contributed by atoms with van der Waals surface area (Å²) >= 11 is 15.2. The Labute approximate surface area is 231 Å². The van der Waals surface area contributed by atoms with Crippen molar-refractivity contribution in [3.8, 4) is 11.3 Å². The molecule has 0 bridgehead atoms. The number of hydrogen-bond donors (Lipinski definition) is 2. The number of amides is 1. The molecule has 0 radical (unpaired) electrons. The lowest BCUT2D eigenvalue weighted by molar-refractivity contribution is -0.125. The lowest BCUT2D eigenvalue weighted by atomic mass is 10.0. The van der Waals surface area contributed by atoms with Crippen LogP contribution in [-0.2, 0) is 11.3 Å². The number of aromatic nitrogens is 1. The first-order valence-corrected chi connectivity index (χ1v) is 14.4. The fourth-order valence-electron chi connectivity index (χ4n) is 4.19. The van der Waals surface area contributed by atoms with Crippen LogP contribution in [-0.4, -0.2) is 51.8 Å². The Balaban J connectivity index is 1.35. The Kier molecular flexibility index (Phi) is 9.55. The Morgan fingerprint density at radius 2 is 2.03 bits per heavy atom. The summed E-state index contributed by atoms with van der Waals surface area (Å²) in [5.74, 6) is 0.0572. The molecule has 0 saturated carbocycles. The van der Waals surface area contributed by atoms with Crippen molar-refractivity contribution in [1.29, 1.82) is 0 Å². The predicted molar refractivity (Wildman–Crippen MR) is 153 cm³/mol. The minimum absolute atomic E-state index is 0.0572. The molecule has 4 rings (SSSR count). The summed E-state index contributed by atoms with van der Waals surface area (Å²) in [5.41, 5.74) is 9.97. The quantitative estimate of drug-likeness (QED) is 0.293. The highest BCUT2D eigenvalue weighted by atomic mass is 35.5. The van der Waals surface area contributed by atoms with E-state index in [4.69, 9.17) is 33.9 Å². The molecule has 1 aliphatic heterocycles. The number of carbonyl (C=O) groups is 1. The van der Waals surface area contributed by atoms with Gasteiger partial charge in [-0.3, -0.25) is 14.0 Å². The molecule has 2 heterocycles. The molecule has 1 aliphatic rings. The third kappa shape index (κ3) is 7.37. The van der Waals surface area contributed by atoms with Crippen LogP contribution in [0, 0.1) is 0 Å². The van der Waals surface area contributed by atoms with Crippen LogP contribution in [0.1, 0.15) is 32.3 Å². The fraction of sp³-hybridized carbons (Fsp3) is 0.385. The number of thiazole rings is 1. The maximum absolute atomic E-state index is 12.6. The van der Waals surface area contributed by atoms with E-state index in [1.807, 2.05) is 53.0 Å².